The molecule has 130 valence electrons. The summed E-state index contributed by atoms with van der Waals surface area (Å²) in [5.41, 5.74) is -0.0541. The number of halogens is 2. The minimum atomic E-state index is -3.66. The van der Waals surface area contributed by atoms with Gasteiger partial charge in [-0.15, -0.1) is 0 Å². The van der Waals surface area contributed by atoms with Crippen molar-refractivity contribution in [1.82, 2.24) is 4.72 Å². The van der Waals surface area contributed by atoms with Gasteiger partial charge in [0.2, 0.25) is 10.0 Å². The zero-order valence-corrected chi connectivity index (χ0v) is 13.8. The Balaban J connectivity index is 1.77. The van der Waals surface area contributed by atoms with Gasteiger partial charge in [-0.1, -0.05) is 18.9 Å². The molecule has 23 heavy (non-hydrogen) atoms. The van der Waals surface area contributed by atoms with Crippen molar-refractivity contribution in [2.24, 2.45) is 5.92 Å². The molecule has 0 amide bonds. The van der Waals surface area contributed by atoms with Crippen molar-refractivity contribution in [1.29, 1.82) is 0 Å². The van der Waals surface area contributed by atoms with Crippen LogP contribution in [0.15, 0.2) is 18.2 Å². The summed E-state index contributed by atoms with van der Waals surface area (Å²) in [6, 6.07) is 2.86. The molecule has 0 bridgehead atoms. The molecule has 4 nitrogen and oxygen atoms in total. The standard InChI is InChI=1S/C16H23F2NO3S/c17-14-8-7-13(15(18)10-14)11-23(21,22)19-9-3-5-12-4-1-2-6-16(12)20/h7-8,10,12,16,19-20H,1-6,9,11H2/t12-,16+/m1/s1. The first-order valence-electron chi connectivity index (χ1n) is 7.97. The lowest BCUT2D eigenvalue weighted by molar-refractivity contribution is 0.0645. The molecular formula is C16H23F2NO3S. The lowest BCUT2D eigenvalue weighted by Crippen LogP contribution is -2.29. The van der Waals surface area contributed by atoms with Gasteiger partial charge in [0.15, 0.2) is 0 Å². The highest BCUT2D eigenvalue weighted by Crippen LogP contribution is 2.27. The molecule has 1 aromatic rings. The van der Waals surface area contributed by atoms with E-state index >= 15 is 0 Å². The van der Waals surface area contributed by atoms with Gasteiger partial charge in [0.1, 0.15) is 11.6 Å². The van der Waals surface area contributed by atoms with Crippen LogP contribution < -0.4 is 4.72 Å². The fourth-order valence-electron chi connectivity index (χ4n) is 3.01. The Hall–Kier alpha value is -1.05. The van der Waals surface area contributed by atoms with Crippen molar-refractivity contribution in [3.05, 3.63) is 35.4 Å². The van der Waals surface area contributed by atoms with E-state index in [0.717, 1.165) is 44.2 Å². The van der Waals surface area contributed by atoms with E-state index in [-0.39, 0.29) is 24.1 Å². The maximum atomic E-state index is 13.5. The Kier molecular flexibility index (Phi) is 6.50. The second-order valence-corrected chi connectivity index (χ2v) is 7.95. The van der Waals surface area contributed by atoms with Crippen LogP contribution in [0.2, 0.25) is 0 Å². The molecule has 2 rings (SSSR count). The van der Waals surface area contributed by atoms with Gasteiger partial charge in [0.05, 0.1) is 11.9 Å². The van der Waals surface area contributed by atoms with Crippen molar-refractivity contribution >= 4 is 10.0 Å². The Labute approximate surface area is 136 Å². The fourth-order valence-corrected chi connectivity index (χ4v) is 4.21. The van der Waals surface area contributed by atoms with Crippen LogP contribution >= 0.6 is 0 Å². The van der Waals surface area contributed by atoms with Crippen LogP contribution in [-0.4, -0.2) is 26.2 Å². The van der Waals surface area contributed by atoms with Gasteiger partial charge in [-0.2, -0.15) is 0 Å². The van der Waals surface area contributed by atoms with E-state index in [9.17, 15) is 22.3 Å². The SMILES string of the molecule is O=S(=O)(Cc1ccc(F)cc1F)NCCC[C@H]1CCCC[C@@H]1O. The maximum absolute atomic E-state index is 13.5. The molecule has 0 spiro atoms. The van der Waals surface area contributed by atoms with Gasteiger partial charge >= 0.3 is 0 Å². The number of hydrogen-bond donors (Lipinski definition) is 2. The topological polar surface area (TPSA) is 66.4 Å². The molecule has 7 heteroatoms. The van der Waals surface area contributed by atoms with Gasteiger partial charge in [-0.05, 0) is 37.7 Å². The molecule has 0 saturated heterocycles. The molecule has 1 fully saturated rings. The molecule has 1 aliphatic rings. The summed E-state index contributed by atoms with van der Waals surface area (Å²) in [5, 5.41) is 9.86. The maximum Gasteiger partial charge on any atom is 0.215 e. The number of nitrogens with one attached hydrogen (secondary N) is 1. The minimum absolute atomic E-state index is 0.0541. The van der Waals surface area contributed by atoms with Crippen LogP contribution in [0.1, 0.15) is 44.1 Å². The second-order valence-electron chi connectivity index (χ2n) is 6.14. The van der Waals surface area contributed by atoms with Crippen molar-refractivity contribution in [2.45, 2.75) is 50.4 Å². The van der Waals surface area contributed by atoms with Crippen molar-refractivity contribution in [3.63, 3.8) is 0 Å². The van der Waals surface area contributed by atoms with Crippen molar-refractivity contribution in [3.8, 4) is 0 Å². The lowest BCUT2D eigenvalue weighted by atomic mass is 9.84. The highest BCUT2D eigenvalue weighted by Gasteiger charge is 2.22. The number of aliphatic hydroxyl groups excluding tert-OH is 1. The van der Waals surface area contributed by atoms with Crippen LogP contribution in [0.25, 0.3) is 0 Å². The Morgan fingerprint density at radius 1 is 1.22 bits per heavy atom. The summed E-state index contributed by atoms with van der Waals surface area (Å²) in [6.45, 7) is 0.258. The average molecular weight is 347 g/mol. The third-order valence-corrected chi connectivity index (χ3v) is 5.64. The second kappa shape index (κ2) is 8.17. The number of sulfonamides is 1. The van der Waals surface area contributed by atoms with Crippen molar-refractivity contribution < 1.29 is 22.3 Å². The van der Waals surface area contributed by atoms with Crippen LogP contribution in [0.3, 0.4) is 0 Å². The van der Waals surface area contributed by atoms with E-state index < -0.39 is 27.4 Å². The third-order valence-electron chi connectivity index (χ3n) is 4.30. The molecule has 2 N–H and O–H groups in total. The van der Waals surface area contributed by atoms with Crippen LogP contribution in [-0.2, 0) is 15.8 Å². The first kappa shape index (κ1) is 18.3. The van der Waals surface area contributed by atoms with Gasteiger partial charge in [-0.3, -0.25) is 0 Å². The molecule has 2 atom stereocenters. The molecule has 1 saturated carbocycles. The number of hydrogen-bond acceptors (Lipinski definition) is 3. The van der Waals surface area contributed by atoms with Gasteiger partial charge in [0, 0.05) is 18.2 Å². The Morgan fingerprint density at radius 2 is 1.96 bits per heavy atom. The first-order valence-corrected chi connectivity index (χ1v) is 9.62. The normalized spacial score (nSPS) is 22.2. The zero-order valence-electron chi connectivity index (χ0n) is 13.0. The molecule has 1 aliphatic carbocycles. The van der Waals surface area contributed by atoms with Crippen LogP contribution in [0, 0.1) is 17.6 Å². The van der Waals surface area contributed by atoms with Gasteiger partial charge < -0.3 is 5.11 Å². The average Bonchev–Trinajstić information content (AvgIpc) is 2.48. The fraction of sp³-hybridized carbons (Fsp3) is 0.625. The quantitative estimate of drug-likeness (QED) is 0.745. The number of rotatable bonds is 7. The predicted molar refractivity (Wildman–Crippen MR) is 84.2 cm³/mol. The minimum Gasteiger partial charge on any atom is -0.393 e. The molecule has 0 radical (unpaired) electrons. The van der Waals surface area contributed by atoms with Crippen LogP contribution in [0.4, 0.5) is 8.78 Å². The molecule has 0 aliphatic heterocycles. The number of aliphatic hydroxyl groups is 1. The summed E-state index contributed by atoms with van der Waals surface area (Å²) in [5.74, 6) is -1.86. The molecule has 1 aromatic carbocycles. The van der Waals surface area contributed by atoms with Gasteiger partial charge in [-0.25, -0.2) is 21.9 Å². The Bertz CT molecular complexity index is 622. The third kappa shape index (κ3) is 5.82. The van der Waals surface area contributed by atoms with E-state index in [2.05, 4.69) is 4.72 Å². The predicted octanol–water partition coefficient (Wildman–Crippen LogP) is 2.72. The number of benzene rings is 1. The summed E-state index contributed by atoms with van der Waals surface area (Å²) >= 11 is 0. The zero-order chi connectivity index (χ0) is 16.9. The van der Waals surface area contributed by atoms with Crippen molar-refractivity contribution in [2.75, 3.05) is 6.54 Å². The van der Waals surface area contributed by atoms with Gasteiger partial charge in [0.25, 0.3) is 0 Å². The highest BCUT2D eigenvalue weighted by atomic mass is 32.2. The molecule has 0 aromatic heterocycles. The summed E-state index contributed by atoms with van der Waals surface area (Å²) in [4.78, 5) is 0. The largest absolute Gasteiger partial charge is 0.393 e. The smallest absolute Gasteiger partial charge is 0.215 e. The highest BCUT2D eigenvalue weighted by molar-refractivity contribution is 7.88. The molecular weight excluding hydrogens is 324 g/mol. The summed E-state index contributed by atoms with van der Waals surface area (Å²) in [6.07, 6.45) is 5.08. The van der Waals surface area contributed by atoms with E-state index in [1.54, 1.807) is 0 Å². The summed E-state index contributed by atoms with van der Waals surface area (Å²) in [7, 11) is -3.66. The summed E-state index contributed by atoms with van der Waals surface area (Å²) < 4.78 is 52.6. The van der Waals surface area contributed by atoms with E-state index in [1.165, 1.54) is 0 Å². The monoisotopic (exact) mass is 347 g/mol. The molecule has 0 heterocycles. The molecule has 0 unspecified atom stereocenters. The van der Waals surface area contributed by atoms with E-state index in [4.69, 9.17) is 0 Å². The van der Waals surface area contributed by atoms with E-state index in [0.29, 0.717) is 12.5 Å². The first-order chi connectivity index (χ1) is 10.9. The van der Waals surface area contributed by atoms with Crippen LogP contribution in [0.5, 0.6) is 0 Å². The lowest BCUT2D eigenvalue weighted by Gasteiger charge is -2.27. The van der Waals surface area contributed by atoms with E-state index in [1.807, 2.05) is 0 Å². The Morgan fingerprint density at radius 3 is 2.65 bits per heavy atom.